The summed E-state index contributed by atoms with van der Waals surface area (Å²) in [5.41, 5.74) is 6.63. The van der Waals surface area contributed by atoms with Gasteiger partial charge in [-0.25, -0.2) is 0 Å². The van der Waals surface area contributed by atoms with E-state index in [4.69, 9.17) is 5.73 Å². The largest absolute Gasteiger partial charge is 0.342 e. The highest BCUT2D eigenvalue weighted by Crippen LogP contribution is 2.09. The molecule has 0 aromatic heterocycles. The van der Waals surface area contributed by atoms with E-state index in [1.807, 2.05) is 0 Å². The van der Waals surface area contributed by atoms with Crippen LogP contribution in [0.1, 0.15) is 19.3 Å². The van der Waals surface area contributed by atoms with Crippen molar-refractivity contribution in [1.82, 2.24) is 10.6 Å². The minimum Gasteiger partial charge on any atom is -0.342 e. The van der Waals surface area contributed by atoms with E-state index in [-0.39, 0.29) is 12.3 Å². The molecule has 4 heteroatoms. The van der Waals surface area contributed by atoms with Gasteiger partial charge < -0.3 is 4.90 Å². The predicted molar refractivity (Wildman–Crippen MR) is 38.5 cm³/mol. The van der Waals surface area contributed by atoms with Crippen molar-refractivity contribution in [2.45, 2.75) is 19.3 Å². The fourth-order valence-corrected chi connectivity index (χ4v) is 1.18. The van der Waals surface area contributed by atoms with Crippen molar-refractivity contribution in [3.05, 3.63) is 0 Å². The van der Waals surface area contributed by atoms with E-state index in [0.29, 0.717) is 13.0 Å². The Kier molecular flexibility index (Phi) is 2.46. The third-order valence-electron chi connectivity index (χ3n) is 1.78. The lowest BCUT2D eigenvalue weighted by Gasteiger charge is -2.12. The first-order valence-electron chi connectivity index (χ1n) is 3.72. The number of hydrogen-bond donors (Lipinski definition) is 0. The molecule has 1 aliphatic heterocycles. The second-order valence-corrected chi connectivity index (χ2v) is 2.66. The molecule has 0 aromatic carbocycles. The van der Waals surface area contributed by atoms with Gasteiger partial charge in [-0.1, -0.05) is 0 Å². The summed E-state index contributed by atoms with van der Waals surface area (Å²) < 4.78 is 0. The molecule has 1 N–H and O–H groups in total. The van der Waals surface area contributed by atoms with Gasteiger partial charge in [-0.05, 0) is 6.42 Å². The molecule has 4 nitrogen and oxygen atoms in total. The molecule has 1 heterocycles. The predicted octanol–water partition coefficient (Wildman–Crippen LogP) is -0.192. The van der Waals surface area contributed by atoms with E-state index in [2.05, 4.69) is 0 Å². The van der Waals surface area contributed by atoms with Crippen LogP contribution in [0.4, 0.5) is 0 Å². The Balaban J connectivity index is 2.26. The number of hydrogen-bond acceptors (Lipinski definition) is 2. The molecule has 0 bridgehead atoms. The summed E-state index contributed by atoms with van der Waals surface area (Å²) in [7, 11) is 0. The van der Waals surface area contributed by atoms with Gasteiger partial charge in [-0.2, -0.15) is 0 Å². The minimum atomic E-state index is -0.593. The third kappa shape index (κ3) is 2.22. The van der Waals surface area contributed by atoms with Crippen molar-refractivity contribution < 1.29 is 9.59 Å². The van der Waals surface area contributed by atoms with E-state index in [9.17, 15) is 9.59 Å². The van der Waals surface area contributed by atoms with Gasteiger partial charge in [0.1, 0.15) is 0 Å². The van der Waals surface area contributed by atoms with Gasteiger partial charge in [-0.15, -0.1) is 0 Å². The number of likely N-dealkylation sites (tertiary alicyclic amines) is 1. The van der Waals surface area contributed by atoms with Gasteiger partial charge in [0.2, 0.25) is 11.8 Å². The third-order valence-corrected chi connectivity index (χ3v) is 1.78. The molecule has 0 aromatic rings. The first kappa shape index (κ1) is 8.04. The summed E-state index contributed by atoms with van der Waals surface area (Å²) in [6.45, 7) is 1.19. The zero-order valence-electron chi connectivity index (χ0n) is 6.30. The topological polar surface area (TPSA) is 61.2 Å². The molecule has 1 saturated heterocycles. The zero-order valence-corrected chi connectivity index (χ0v) is 6.30. The van der Waals surface area contributed by atoms with Gasteiger partial charge in [-0.3, -0.25) is 15.3 Å². The van der Waals surface area contributed by atoms with Gasteiger partial charge in [0.05, 0.1) is 0 Å². The highest BCUT2D eigenvalue weighted by molar-refractivity contribution is 5.79. The number of nitrogens with one attached hydrogen (secondary N) is 1. The Labute approximate surface area is 65.3 Å². The quantitative estimate of drug-likeness (QED) is 0.567. The minimum absolute atomic E-state index is 0.117. The van der Waals surface area contributed by atoms with Crippen LogP contribution in [0.2, 0.25) is 0 Å². The van der Waals surface area contributed by atoms with E-state index in [1.165, 1.54) is 0 Å². The Morgan fingerprint density at radius 3 is 2.82 bits per heavy atom. The van der Waals surface area contributed by atoms with Crippen LogP contribution in [-0.2, 0) is 9.59 Å². The number of nitrogens with zero attached hydrogens (tertiary/aromatic N) is 1. The fourth-order valence-electron chi connectivity index (χ4n) is 1.18. The van der Waals surface area contributed by atoms with Crippen LogP contribution in [0.25, 0.3) is 0 Å². The summed E-state index contributed by atoms with van der Waals surface area (Å²) in [5, 5.41) is 0. The lowest BCUT2D eigenvalue weighted by Crippen LogP contribution is -2.27. The summed E-state index contributed by atoms with van der Waals surface area (Å²) in [5.74, 6) is -0.476. The maximum absolute atomic E-state index is 10.9. The Morgan fingerprint density at radius 2 is 2.36 bits per heavy atom. The first-order valence-corrected chi connectivity index (χ1v) is 3.72. The van der Waals surface area contributed by atoms with E-state index < -0.39 is 5.91 Å². The van der Waals surface area contributed by atoms with Crippen LogP contribution >= 0.6 is 0 Å². The molecule has 0 unspecified atom stereocenters. The molecule has 1 rings (SSSR count). The number of amides is 2. The second kappa shape index (κ2) is 3.37. The molecular formula is C7H11N2O2. The zero-order chi connectivity index (χ0) is 8.27. The van der Waals surface area contributed by atoms with Gasteiger partial charge in [0, 0.05) is 25.9 Å². The van der Waals surface area contributed by atoms with Crippen LogP contribution in [0.5, 0.6) is 0 Å². The van der Waals surface area contributed by atoms with Crippen LogP contribution in [0, 0.1) is 0 Å². The number of carbonyl (C=O) groups excluding carboxylic acids is 2. The molecule has 2 amide bonds. The smallest absolute Gasteiger partial charge is 0.240 e. The monoisotopic (exact) mass is 155 g/mol. The molecule has 0 aliphatic carbocycles. The first-order chi connectivity index (χ1) is 5.20. The summed E-state index contributed by atoms with van der Waals surface area (Å²) in [6.07, 6.45) is 1.67. The van der Waals surface area contributed by atoms with Crippen molar-refractivity contribution >= 4 is 11.8 Å². The molecule has 0 atom stereocenters. The highest BCUT2D eigenvalue weighted by atomic mass is 16.2. The van der Waals surface area contributed by atoms with Crippen LogP contribution in [-0.4, -0.2) is 29.8 Å². The van der Waals surface area contributed by atoms with Crippen LogP contribution in [0.3, 0.4) is 0 Å². The lowest BCUT2D eigenvalue weighted by molar-refractivity contribution is -0.128. The summed E-state index contributed by atoms with van der Waals surface area (Å²) >= 11 is 0. The van der Waals surface area contributed by atoms with Crippen molar-refractivity contribution in [3.63, 3.8) is 0 Å². The summed E-state index contributed by atoms with van der Waals surface area (Å²) in [6, 6.07) is 0. The Hall–Kier alpha value is -1.06. The average molecular weight is 155 g/mol. The maximum atomic E-state index is 10.9. The highest BCUT2D eigenvalue weighted by Gasteiger charge is 2.19. The van der Waals surface area contributed by atoms with Crippen molar-refractivity contribution in [2.24, 2.45) is 0 Å². The molecule has 11 heavy (non-hydrogen) atoms. The van der Waals surface area contributed by atoms with Crippen molar-refractivity contribution in [2.75, 3.05) is 13.1 Å². The van der Waals surface area contributed by atoms with Gasteiger partial charge in [0.25, 0.3) is 0 Å². The molecule has 0 saturated carbocycles. The van der Waals surface area contributed by atoms with Crippen molar-refractivity contribution in [3.8, 4) is 0 Å². The SMILES string of the molecule is [NH]C(=O)CCN1CCCC1=O. The molecule has 1 fully saturated rings. The second-order valence-electron chi connectivity index (χ2n) is 2.66. The Morgan fingerprint density at radius 1 is 1.64 bits per heavy atom. The lowest BCUT2D eigenvalue weighted by atomic mass is 10.4. The van der Waals surface area contributed by atoms with Crippen LogP contribution in [0.15, 0.2) is 0 Å². The number of rotatable bonds is 3. The molecule has 1 aliphatic rings. The summed E-state index contributed by atoms with van der Waals surface area (Å²) in [4.78, 5) is 22.8. The Bertz CT molecular complexity index is 179. The maximum Gasteiger partial charge on any atom is 0.240 e. The fraction of sp³-hybridized carbons (Fsp3) is 0.714. The van der Waals surface area contributed by atoms with E-state index in [1.54, 1.807) is 4.90 Å². The van der Waals surface area contributed by atoms with Gasteiger partial charge >= 0.3 is 0 Å². The number of carbonyl (C=O) groups is 2. The van der Waals surface area contributed by atoms with Gasteiger partial charge in [0.15, 0.2) is 0 Å². The molecule has 61 valence electrons. The van der Waals surface area contributed by atoms with Crippen molar-refractivity contribution in [1.29, 1.82) is 0 Å². The van der Waals surface area contributed by atoms with E-state index in [0.717, 1.165) is 13.0 Å². The standard InChI is InChI=1S/C7H11N2O2/c8-6(10)3-5-9-4-1-2-7(9)11/h8H,1-5H2. The molecule has 1 radical (unpaired) electrons. The molecular weight excluding hydrogens is 144 g/mol. The van der Waals surface area contributed by atoms with Crippen LogP contribution < -0.4 is 5.73 Å². The average Bonchev–Trinajstić information content (AvgIpc) is 2.31. The van der Waals surface area contributed by atoms with E-state index >= 15 is 0 Å². The molecule has 0 spiro atoms. The normalized spacial score (nSPS) is 17.5.